The molecule has 9 nitrogen and oxygen atoms in total. The van der Waals surface area contributed by atoms with Crippen LogP contribution < -0.4 is 23.7 Å². The fourth-order valence-corrected chi connectivity index (χ4v) is 4.79. The van der Waals surface area contributed by atoms with Gasteiger partial charge in [0.1, 0.15) is 23.0 Å². The van der Waals surface area contributed by atoms with Crippen molar-refractivity contribution < 1.29 is 38.4 Å². The van der Waals surface area contributed by atoms with E-state index in [1.54, 1.807) is 61.7 Å². The van der Waals surface area contributed by atoms with Crippen LogP contribution in [-0.4, -0.2) is 48.8 Å². The van der Waals surface area contributed by atoms with Crippen molar-refractivity contribution in [3.8, 4) is 28.7 Å². The third-order valence-corrected chi connectivity index (χ3v) is 6.58. The predicted molar refractivity (Wildman–Crippen MR) is 142 cm³/mol. The Morgan fingerprint density at radius 1 is 0.923 bits per heavy atom. The third kappa shape index (κ3) is 4.95. The van der Waals surface area contributed by atoms with Crippen LogP contribution in [0.4, 0.5) is 0 Å². The molecule has 1 saturated heterocycles. The van der Waals surface area contributed by atoms with Gasteiger partial charge in [-0.25, -0.2) is 0 Å². The van der Waals surface area contributed by atoms with E-state index < -0.39 is 17.7 Å². The lowest BCUT2D eigenvalue weighted by Gasteiger charge is -2.26. The summed E-state index contributed by atoms with van der Waals surface area (Å²) in [5.74, 6) is 0.881. The molecule has 0 saturated carbocycles. The molecule has 1 unspecified atom stereocenters. The topological polar surface area (TPSA) is 104 Å². The second-order valence-electron chi connectivity index (χ2n) is 8.91. The van der Waals surface area contributed by atoms with Crippen LogP contribution >= 0.6 is 0 Å². The standard InChI is InChI=1S/C30H29NO8/c1-4-36-21-11-12-22(24(15-21)37-5-2)28(32)26-27(19-7-9-20(35-3)10-8-19)31(30(34)29(26)33)16-18-6-13-23-25(14-18)39-17-38-23/h6-15,27,32H,4-5,16-17H2,1-3H3/b28-26+. The lowest BCUT2D eigenvalue weighted by molar-refractivity contribution is -0.140. The number of ketones is 1. The Morgan fingerprint density at radius 2 is 1.64 bits per heavy atom. The lowest BCUT2D eigenvalue weighted by Crippen LogP contribution is -2.29. The van der Waals surface area contributed by atoms with E-state index in [1.165, 1.54) is 4.90 Å². The number of carbonyl (C=O) groups excluding carboxylic acids is 2. The minimum atomic E-state index is -0.859. The summed E-state index contributed by atoms with van der Waals surface area (Å²) in [4.78, 5) is 28.4. The van der Waals surface area contributed by atoms with Crippen LogP contribution in [-0.2, 0) is 16.1 Å². The van der Waals surface area contributed by atoms with E-state index in [0.29, 0.717) is 53.1 Å². The number of amides is 1. The molecule has 3 aromatic rings. The Hall–Kier alpha value is -4.66. The van der Waals surface area contributed by atoms with Crippen LogP contribution in [0.25, 0.3) is 5.76 Å². The average Bonchev–Trinajstić information content (AvgIpc) is 3.51. The number of aliphatic hydroxyl groups excluding tert-OH is 1. The van der Waals surface area contributed by atoms with E-state index in [2.05, 4.69) is 0 Å². The van der Waals surface area contributed by atoms with Crippen LogP contribution in [0.15, 0.2) is 66.2 Å². The van der Waals surface area contributed by atoms with Gasteiger partial charge in [-0.15, -0.1) is 0 Å². The normalized spacial score (nSPS) is 17.4. The average molecular weight is 532 g/mol. The van der Waals surface area contributed by atoms with E-state index >= 15 is 0 Å². The smallest absolute Gasteiger partial charge is 0.295 e. The zero-order chi connectivity index (χ0) is 27.5. The van der Waals surface area contributed by atoms with E-state index in [-0.39, 0.29) is 24.7 Å². The molecule has 1 amide bonds. The maximum absolute atomic E-state index is 13.5. The summed E-state index contributed by atoms with van der Waals surface area (Å²) < 4.78 is 27.5. The number of Topliss-reactive ketones (excluding diaryl/α,β-unsaturated/α-hetero) is 1. The highest BCUT2D eigenvalue weighted by molar-refractivity contribution is 6.46. The number of ether oxygens (including phenoxy) is 5. The van der Waals surface area contributed by atoms with E-state index in [9.17, 15) is 14.7 Å². The molecule has 0 aliphatic carbocycles. The molecule has 0 bridgehead atoms. The summed E-state index contributed by atoms with van der Waals surface area (Å²) in [6.45, 7) is 4.70. The van der Waals surface area contributed by atoms with E-state index in [4.69, 9.17) is 23.7 Å². The molecule has 2 aliphatic rings. The maximum atomic E-state index is 13.5. The van der Waals surface area contributed by atoms with Crippen LogP contribution in [0.3, 0.4) is 0 Å². The predicted octanol–water partition coefficient (Wildman–Crippen LogP) is 4.84. The summed E-state index contributed by atoms with van der Waals surface area (Å²) >= 11 is 0. The number of carbonyl (C=O) groups is 2. The Morgan fingerprint density at radius 3 is 2.36 bits per heavy atom. The Bertz CT molecular complexity index is 1430. The largest absolute Gasteiger partial charge is 0.507 e. The second kappa shape index (κ2) is 11.0. The zero-order valence-corrected chi connectivity index (χ0v) is 21.9. The molecule has 0 spiro atoms. The number of methoxy groups -OCH3 is 1. The second-order valence-corrected chi connectivity index (χ2v) is 8.91. The number of benzene rings is 3. The number of rotatable bonds is 9. The number of likely N-dealkylation sites (tertiary alicyclic amines) is 1. The molecule has 1 fully saturated rings. The van der Waals surface area contributed by atoms with Gasteiger partial charge in [-0.05, 0) is 61.4 Å². The summed E-state index contributed by atoms with van der Waals surface area (Å²) in [5.41, 5.74) is 1.65. The molecule has 3 aromatic carbocycles. The fraction of sp³-hybridized carbons (Fsp3) is 0.267. The first kappa shape index (κ1) is 26.0. The quantitative estimate of drug-likeness (QED) is 0.238. The van der Waals surface area contributed by atoms with Gasteiger partial charge >= 0.3 is 0 Å². The molecule has 1 atom stereocenters. The van der Waals surface area contributed by atoms with E-state index in [1.807, 2.05) is 19.9 Å². The van der Waals surface area contributed by atoms with Gasteiger partial charge in [0.25, 0.3) is 11.7 Å². The molecule has 2 heterocycles. The highest BCUT2D eigenvalue weighted by Crippen LogP contribution is 2.43. The Labute approximate surface area is 226 Å². The minimum Gasteiger partial charge on any atom is -0.507 e. The molecule has 202 valence electrons. The number of hydrogen-bond donors (Lipinski definition) is 1. The molecular formula is C30H29NO8. The van der Waals surface area contributed by atoms with Crippen molar-refractivity contribution in [1.29, 1.82) is 0 Å². The van der Waals surface area contributed by atoms with Gasteiger partial charge < -0.3 is 33.7 Å². The number of nitrogens with zero attached hydrogens (tertiary/aromatic N) is 1. The first-order chi connectivity index (χ1) is 18.9. The van der Waals surface area contributed by atoms with Crippen molar-refractivity contribution >= 4 is 17.4 Å². The molecule has 0 radical (unpaired) electrons. The summed E-state index contributed by atoms with van der Waals surface area (Å²) in [6.07, 6.45) is 0. The van der Waals surface area contributed by atoms with E-state index in [0.717, 1.165) is 5.56 Å². The van der Waals surface area contributed by atoms with Crippen molar-refractivity contribution in [3.63, 3.8) is 0 Å². The number of fused-ring (bicyclic) bond motifs is 1. The molecule has 5 rings (SSSR count). The summed E-state index contributed by atoms with van der Waals surface area (Å²) in [6, 6.07) is 16.5. The molecule has 2 aliphatic heterocycles. The lowest BCUT2D eigenvalue weighted by atomic mass is 9.94. The summed E-state index contributed by atoms with van der Waals surface area (Å²) in [7, 11) is 1.56. The van der Waals surface area contributed by atoms with Crippen molar-refractivity contribution in [1.82, 2.24) is 4.90 Å². The van der Waals surface area contributed by atoms with Crippen molar-refractivity contribution in [3.05, 3.63) is 82.9 Å². The maximum Gasteiger partial charge on any atom is 0.295 e. The fourth-order valence-electron chi connectivity index (χ4n) is 4.79. The van der Waals surface area contributed by atoms with Crippen LogP contribution in [0.5, 0.6) is 28.7 Å². The Kier molecular flexibility index (Phi) is 7.31. The van der Waals surface area contributed by atoms with Gasteiger partial charge in [-0.3, -0.25) is 9.59 Å². The van der Waals surface area contributed by atoms with Crippen molar-refractivity contribution in [2.75, 3.05) is 27.1 Å². The first-order valence-corrected chi connectivity index (χ1v) is 12.7. The van der Waals surface area contributed by atoms with Crippen LogP contribution in [0, 0.1) is 0 Å². The van der Waals surface area contributed by atoms with Gasteiger partial charge in [0, 0.05) is 12.6 Å². The number of aliphatic hydroxyl groups is 1. The number of hydrogen-bond acceptors (Lipinski definition) is 8. The van der Waals surface area contributed by atoms with Gasteiger partial charge in [-0.2, -0.15) is 0 Å². The summed E-state index contributed by atoms with van der Waals surface area (Å²) in [5, 5.41) is 11.6. The first-order valence-electron chi connectivity index (χ1n) is 12.7. The Balaban J connectivity index is 1.62. The minimum absolute atomic E-state index is 0.0315. The van der Waals surface area contributed by atoms with Gasteiger partial charge in [0.15, 0.2) is 11.5 Å². The third-order valence-electron chi connectivity index (χ3n) is 6.58. The molecular weight excluding hydrogens is 502 g/mol. The van der Waals surface area contributed by atoms with Gasteiger partial charge in [-0.1, -0.05) is 18.2 Å². The highest BCUT2D eigenvalue weighted by Gasteiger charge is 2.46. The van der Waals surface area contributed by atoms with Gasteiger partial charge in [0.05, 0.1) is 37.5 Å². The monoisotopic (exact) mass is 531 g/mol. The molecule has 39 heavy (non-hydrogen) atoms. The van der Waals surface area contributed by atoms with Crippen molar-refractivity contribution in [2.45, 2.75) is 26.4 Å². The highest BCUT2D eigenvalue weighted by atomic mass is 16.7. The molecule has 0 aromatic heterocycles. The SMILES string of the molecule is CCOc1ccc(/C(O)=C2\C(=O)C(=O)N(Cc3ccc4c(c3)OCO4)C2c2ccc(OC)cc2)c(OCC)c1. The van der Waals surface area contributed by atoms with Gasteiger partial charge in [0.2, 0.25) is 6.79 Å². The molecule has 1 N–H and O–H groups in total. The van der Waals surface area contributed by atoms with Crippen LogP contribution in [0.1, 0.15) is 36.6 Å². The zero-order valence-electron chi connectivity index (χ0n) is 21.9. The van der Waals surface area contributed by atoms with Crippen LogP contribution in [0.2, 0.25) is 0 Å². The molecule has 9 heteroatoms. The van der Waals surface area contributed by atoms with Crippen molar-refractivity contribution in [2.24, 2.45) is 0 Å².